The summed E-state index contributed by atoms with van der Waals surface area (Å²) in [5.41, 5.74) is 2.16. The summed E-state index contributed by atoms with van der Waals surface area (Å²) in [6, 6.07) is 17.8. The van der Waals surface area contributed by atoms with Gasteiger partial charge in [0.25, 0.3) is 0 Å². The highest BCUT2D eigenvalue weighted by atomic mass is 35.5. The topological polar surface area (TPSA) is 23.5 Å². The predicted octanol–water partition coefficient (Wildman–Crippen LogP) is 3.90. The molecule has 0 aliphatic rings. The lowest BCUT2D eigenvalue weighted by atomic mass is 10.1. The zero-order valence-electron chi connectivity index (χ0n) is 11.7. The van der Waals surface area contributed by atoms with Crippen molar-refractivity contribution in [1.29, 1.82) is 0 Å². The lowest BCUT2D eigenvalue weighted by Crippen LogP contribution is -2.20. The Balaban J connectivity index is 1.82. The number of nitrogens with zero attached hydrogens (tertiary/aromatic N) is 1. The van der Waals surface area contributed by atoms with Crippen LogP contribution in [0.3, 0.4) is 0 Å². The third-order valence-corrected chi connectivity index (χ3v) is 3.55. The molecule has 0 aliphatic heterocycles. The van der Waals surface area contributed by atoms with Crippen molar-refractivity contribution in [2.24, 2.45) is 0 Å². The molecule has 1 N–H and O–H groups in total. The Morgan fingerprint density at radius 2 is 1.85 bits per heavy atom. The quantitative estimate of drug-likeness (QED) is 0.872. The average Bonchev–Trinajstić information content (AvgIpc) is 2.46. The number of aliphatic hydroxyl groups excluding tert-OH is 1. The molecule has 2 rings (SSSR count). The minimum Gasteiger partial charge on any atom is -0.388 e. The van der Waals surface area contributed by atoms with Gasteiger partial charge in [-0.15, -0.1) is 0 Å². The summed E-state index contributed by atoms with van der Waals surface area (Å²) in [5.74, 6) is 0. The Bertz CT molecular complexity index is 530. The molecular formula is C17H20ClNO. The minimum absolute atomic E-state index is 0.466. The van der Waals surface area contributed by atoms with Crippen LogP contribution in [0.4, 0.5) is 0 Å². The molecule has 0 bridgehead atoms. The molecule has 0 aromatic heterocycles. The van der Waals surface area contributed by atoms with E-state index in [-0.39, 0.29) is 0 Å². The number of hydrogen-bond donors (Lipinski definition) is 1. The fourth-order valence-corrected chi connectivity index (χ4v) is 2.40. The van der Waals surface area contributed by atoms with Gasteiger partial charge < -0.3 is 10.0 Å². The molecule has 0 radical (unpaired) electrons. The van der Waals surface area contributed by atoms with Crippen LogP contribution in [0.2, 0.25) is 5.02 Å². The van der Waals surface area contributed by atoms with Crippen LogP contribution < -0.4 is 0 Å². The molecule has 3 heteroatoms. The van der Waals surface area contributed by atoms with Gasteiger partial charge in [-0.3, -0.25) is 0 Å². The van der Waals surface area contributed by atoms with Crippen LogP contribution in [0.25, 0.3) is 0 Å². The van der Waals surface area contributed by atoms with E-state index in [2.05, 4.69) is 24.1 Å². The van der Waals surface area contributed by atoms with E-state index < -0.39 is 6.10 Å². The molecule has 2 nitrogen and oxygen atoms in total. The Labute approximate surface area is 125 Å². The van der Waals surface area contributed by atoms with Crippen molar-refractivity contribution in [2.45, 2.75) is 19.1 Å². The second-order valence-electron chi connectivity index (χ2n) is 5.08. The summed E-state index contributed by atoms with van der Waals surface area (Å²) in [7, 11) is 2.07. The molecular weight excluding hydrogens is 270 g/mol. The molecule has 2 aromatic carbocycles. The number of benzene rings is 2. The van der Waals surface area contributed by atoms with E-state index in [0.717, 1.165) is 18.7 Å². The van der Waals surface area contributed by atoms with Gasteiger partial charge in [-0.05, 0) is 36.7 Å². The number of aliphatic hydroxyl groups is 1. The summed E-state index contributed by atoms with van der Waals surface area (Å²) in [6.45, 7) is 1.73. The largest absolute Gasteiger partial charge is 0.388 e. The second kappa shape index (κ2) is 7.44. The van der Waals surface area contributed by atoms with Crippen molar-refractivity contribution in [1.82, 2.24) is 4.90 Å². The van der Waals surface area contributed by atoms with Crippen molar-refractivity contribution in [3.63, 3.8) is 0 Å². The van der Waals surface area contributed by atoms with Gasteiger partial charge in [0.15, 0.2) is 0 Å². The maximum absolute atomic E-state index is 10.2. The number of halogens is 1. The van der Waals surface area contributed by atoms with Gasteiger partial charge in [0.1, 0.15) is 0 Å². The first-order chi connectivity index (χ1) is 9.65. The Morgan fingerprint density at radius 3 is 2.55 bits per heavy atom. The van der Waals surface area contributed by atoms with Gasteiger partial charge in [-0.2, -0.15) is 0 Å². The number of hydrogen-bond acceptors (Lipinski definition) is 2. The van der Waals surface area contributed by atoms with Crippen molar-refractivity contribution in [3.8, 4) is 0 Å². The van der Waals surface area contributed by atoms with E-state index in [1.807, 2.05) is 42.5 Å². The first kappa shape index (κ1) is 15.0. The summed E-state index contributed by atoms with van der Waals surface area (Å²) >= 11 is 5.94. The Kier molecular flexibility index (Phi) is 5.60. The monoisotopic (exact) mass is 289 g/mol. The summed E-state index contributed by atoms with van der Waals surface area (Å²) in [6.07, 6.45) is 0.232. The SMILES string of the molecule is CN(CCC(O)c1cccc(Cl)c1)Cc1ccccc1. The van der Waals surface area contributed by atoms with Crippen LogP contribution in [-0.4, -0.2) is 23.6 Å². The maximum Gasteiger partial charge on any atom is 0.0802 e. The fourth-order valence-electron chi connectivity index (χ4n) is 2.20. The Hall–Kier alpha value is -1.35. The predicted molar refractivity (Wildman–Crippen MR) is 83.8 cm³/mol. The van der Waals surface area contributed by atoms with Crippen LogP contribution in [0.1, 0.15) is 23.7 Å². The molecule has 0 saturated heterocycles. The zero-order chi connectivity index (χ0) is 14.4. The lowest BCUT2D eigenvalue weighted by Gasteiger charge is -2.19. The van der Waals surface area contributed by atoms with Gasteiger partial charge in [0.2, 0.25) is 0 Å². The molecule has 106 valence electrons. The highest BCUT2D eigenvalue weighted by Crippen LogP contribution is 2.20. The first-order valence-corrected chi connectivity index (χ1v) is 7.19. The molecule has 0 fully saturated rings. The van der Waals surface area contributed by atoms with Gasteiger partial charge >= 0.3 is 0 Å². The van der Waals surface area contributed by atoms with Crippen LogP contribution >= 0.6 is 11.6 Å². The first-order valence-electron chi connectivity index (χ1n) is 6.81. The van der Waals surface area contributed by atoms with Crippen LogP contribution in [0.5, 0.6) is 0 Å². The molecule has 0 aliphatic carbocycles. The zero-order valence-corrected chi connectivity index (χ0v) is 12.4. The average molecular weight is 290 g/mol. The molecule has 0 heterocycles. The molecule has 20 heavy (non-hydrogen) atoms. The molecule has 2 aromatic rings. The van der Waals surface area contributed by atoms with E-state index in [1.54, 1.807) is 0 Å². The van der Waals surface area contributed by atoms with Crippen molar-refractivity contribution in [3.05, 3.63) is 70.7 Å². The molecule has 0 spiro atoms. The van der Waals surface area contributed by atoms with E-state index in [4.69, 9.17) is 11.6 Å². The van der Waals surface area contributed by atoms with Crippen LogP contribution in [0.15, 0.2) is 54.6 Å². The summed E-state index contributed by atoms with van der Waals surface area (Å²) in [5, 5.41) is 10.8. The standard InChI is InChI=1S/C17H20ClNO/c1-19(13-14-6-3-2-4-7-14)11-10-17(20)15-8-5-9-16(18)12-15/h2-9,12,17,20H,10-11,13H2,1H3. The van der Waals surface area contributed by atoms with Gasteiger partial charge in [-0.25, -0.2) is 0 Å². The maximum atomic E-state index is 10.2. The van der Waals surface area contributed by atoms with E-state index in [9.17, 15) is 5.11 Å². The van der Waals surface area contributed by atoms with E-state index >= 15 is 0 Å². The lowest BCUT2D eigenvalue weighted by molar-refractivity contribution is 0.147. The molecule has 1 atom stereocenters. The Morgan fingerprint density at radius 1 is 1.10 bits per heavy atom. The molecule has 0 amide bonds. The normalized spacial score (nSPS) is 12.6. The van der Waals surface area contributed by atoms with Crippen molar-refractivity contribution < 1.29 is 5.11 Å². The highest BCUT2D eigenvalue weighted by Gasteiger charge is 2.09. The summed E-state index contributed by atoms with van der Waals surface area (Å²) < 4.78 is 0. The van der Waals surface area contributed by atoms with E-state index in [0.29, 0.717) is 11.4 Å². The smallest absolute Gasteiger partial charge is 0.0802 e. The van der Waals surface area contributed by atoms with Crippen LogP contribution in [0, 0.1) is 0 Å². The molecule has 1 unspecified atom stereocenters. The third kappa shape index (κ3) is 4.64. The molecule has 0 saturated carbocycles. The van der Waals surface area contributed by atoms with Crippen LogP contribution in [-0.2, 0) is 6.54 Å². The third-order valence-electron chi connectivity index (χ3n) is 3.31. The fraction of sp³-hybridized carbons (Fsp3) is 0.294. The second-order valence-corrected chi connectivity index (χ2v) is 5.52. The van der Waals surface area contributed by atoms with Crippen molar-refractivity contribution >= 4 is 11.6 Å². The summed E-state index contributed by atoms with van der Waals surface area (Å²) in [4.78, 5) is 2.21. The highest BCUT2D eigenvalue weighted by molar-refractivity contribution is 6.30. The van der Waals surface area contributed by atoms with Gasteiger partial charge in [0.05, 0.1) is 6.10 Å². The van der Waals surface area contributed by atoms with Crippen molar-refractivity contribution in [2.75, 3.05) is 13.6 Å². The van der Waals surface area contributed by atoms with Gasteiger partial charge in [-0.1, -0.05) is 54.1 Å². The van der Waals surface area contributed by atoms with E-state index in [1.165, 1.54) is 5.56 Å². The number of rotatable bonds is 6. The van der Waals surface area contributed by atoms with Gasteiger partial charge in [0, 0.05) is 18.1 Å². The minimum atomic E-state index is -0.466.